The lowest BCUT2D eigenvalue weighted by Gasteiger charge is -2.38. The molecule has 2 aliphatic heterocycles. The van der Waals surface area contributed by atoms with E-state index in [0.29, 0.717) is 0 Å². The number of hydrogen-bond acceptors (Lipinski definition) is 4. The first-order chi connectivity index (χ1) is 9.58. The normalized spacial score (nSPS) is 27.6. The third-order valence-electron chi connectivity index (χ3n) is 4.74. The molecule has 0 unspecified atom stereocenters. The number of aliphatic hydroxyl groups is 1. The Bertz CT molecular complexity index is 314. The summed E-state index contributed by atoms with van der Waals surface area (Å²) in [5.74, 6) is -0.128. The Balaban J connectivity index is 1.68. The van der Waals surface area contributed by atoms with E-state index >= 15 is 0 Å². The highest BCUT2D eigenvalue weighted by Crippen LogP contribution is 2.18. The molecule has 2 heterocycles. The maximum Gasteiger partial charge on any atom is 0.251 e. The monoisotopic (exact) mass is 283 g/mol. The minimum atomic E-state index is -0.863. The van der Waals surface area contributed by atoms with E-state index in [9.17, 15) is 9.90 Å². The van der Waals surface area contributed by atoms with E-state index in [1.54, 1.807) is 11.8 Å². The smallest absolute Gasteiger partial charge is 0.251 e. The van der Waals surface area contributed by atoms with Crippen molar-refractivity contribution in [3.05, 3.63) is 0 Å². The molecule has 2 atom stereocenters. The van der Waals surface area contributed by atoms with Crippen molar-refractivity contribution in [2.75, 3.05) is 46.3 Å². The summed E-state index contributed by atoms with van der Waals surface area (Å²) in [7, 11) is 2.24. The van der Waals surface area contributed by atoms with Crippen molar-refractivity contribution in [3.63, 3.8) is 0 Å². The summed E-state index contributed by atoms with van der Waals surface area (Å²) < 4.78 is 0. The number of nitrogens with zero attached hydrogens (tertiary/aromatic N) is 3. The van der Waals surface area contributed by atoms with E-state index in [4.69, 9.17) is 0 Å². The van der Waals surface area contributed by atoms with Crippen molar-refractivity contribution < 1.29 is 9.90 Å². The van der Waals surface area contributed by atoms with Gasteiger partial charge < -0.3 is 14.9 Å². The molecule has 0 aliphatic carbocycles. The molecule has 0 aromatic heterocycles. The molecule has 2 saturated heterocycles. The number of likely N-dealkylation sites (tertiary alicyclic amines) is 1. The molecule has 0 radical (unpaired) electrons. The predicted molar refractivity (Wildman–Crippen MR) is 79.6 cm³/mol. The Morgan fingerprint density at radius 2 is 1.90 bits per heavy atom. The fourth-order valence-corrected chi connectivity index (χ4v) is 3.30. The Labute approximate surface area is 122 Å². The second-order valence-electron chi connectivity index (χ2n) is 6.26. The standard InChI is InChI=1S/C15H29N3O2/c1-13(19)15(20)18-11-9-17(10-12-18)8-6-14-5-3-4-7-16(14)2/h13-14,19H,3-12H2,1-2H3/t13-,14+/m1/s1. The summed E-state index contributed by atoms with van der Waals surface area (Å²) in [4.78, 5) is 18.4. The highest BCUT2D eigenvalue weighted by molar-refractivity contribution is 5.80. The van der Waals surface area contributed by atoms with Gasteiger partial charge in [0.2, 0.25) is 0 Å². The van der Waals surface area contributed by atoms with Crippen LogP contribution in [0.4, 0.5) is 0 Å². The Hall–Kier alpha value is -0.650. The van der Waals surface area contributed by atoms with Crippen molar-refractivity contribution >= 4 is 5.91 Å². The summed E-state index contributed by atoms with van der Waals surface area (Å²) in [6.45, 7) is 7.30. The number of carbonyl (C=O) groups is 1. The summed E-state index contributed by atoms with van der Waals surface area (Å²) in [5, 5.41) is 9.33. The van der Waals surface area contributed by atoms with E-state index in [0.717, 1.165) is 38.8 Å². The first-order valence-electron chi connectivity index (χ1n) is 7.97. The molecule has 0 aromatic rings. The van der Waals surface area contributed by atoms with Gasteiger partial charge in [0.05, 0.1) is 0 Å². The van der Waals surface area contributed by atoms with Crippen molar-refractivity contribution in [2.45, 2.75) is 44.8 Å². The van der Waals surface area contributed by atoms with E-state index in [1.165, 1.54) is 32.2 Å². The third-order valence-corrected chi connectivity index (χ3v) is 4.74. The van der Waals surface area contributed by atoms with E-state index in [1.807, 2.05) is 0 Å². The third kappa shape index (κ3) is 4.17. The van der Waals surface area contributed by atoms with Crippen LogP contribution in [-0.4, -0.2) is 84.2 Å². The minimum absolute atomic E-state index is 0.128. The number of carbonyl (C=O) groups excluding carboxylic acids is 1. The van der Waals surface area contributed by atoms with E-state index in [-0.39, 0.29) is 5.91 Å². The van der Waals surface area contributed by atoms with Crippen LogP contribution >= 0.6 is 0 Å². The van der Waals surface area contributed by atoms with Gasteiger partial charge in [0.1, 0.15) is 6.10 Å². The van der Waals surface area contributed by atoms with Crippen LogP contribution in [0.25, 0.3) is 0 Å². The lowest BCUT2D eigenvalue weighted by atomic mass is 10.00. The molecular formula is C15H29N3O2. The summed E-state index contributed by atoms with van der Waals surface area (Å²) in [5.41, 5.74) is 0. The summed E-state index contributed by atoms with van der Waals surface area (Å²) in [6, 6.07) is 0.737. The summed E-state index contributed by atoms with van der Waals surface area (Å²) in [6.07, 6.45) is 4.41. The average Bonchev–Trinajstić information content (AvgIpc) is 2.46. The lowest BCUT2D eigenvalue weighted by Crippen LogP contribution is -2.51. The van der Waals surface area contributed by atoms with E-state index < -0.39 is 6.10 Å². The van der Waals surface area contributed by atoms with Crippen molar-refractivity contribution in [3.8, 4) is 0 Å². The van der Waals surface area contributed by atoms with Gasteiger partial charge in [-0.1, -0.05) is 6.42 Å². The van der Waals surface area contributed by atoms with Crippen LogP contribution in [0, 0.1) is 0 Å². The molecule has 2 rings (SSSR count). The van der Waals surface area contributed by atoms with Crippen LogP contribution in [0.5, 0.6) is 0 Å². The summed E-state index contributed by atoms with van der Waals surface area (Å²) >= 11 is 0. The molecule has 5 nitrogen and oxygen atoms in total. The first-order valence-corrected chi connectivity index (χ1v) is 7.97. The van der Waals surface area contributed by atoms with Gasteiger partial charge in [-0.2, -0.15) is 0 Å². The molecule has 5 heteroatoms. The largest absolute Gasteiger partial charge is 0.384 e. The highest BCUT2D eigenvalue weighted by Gasteiger charge is 2.25. The molecule has 0 aromatic carbocycles. The van der Waals surface area contributed by atoms with Crippen molar-refractivity contribution in [1.29, 1.82) is 0 Å². The van der Waals surface area contributed by atoms with Gasteiger partial charge in [0.15, 0.2) is 0 Å². The molecule has 1 N–H and O–H groups in total. The maximum atomic E-state index is 11.7. The topological polar surface area (TPSA) is 47.0 Å². The van der Waals surface area contributed by atoms with Gasteiger partial charge in [0, 0.05) is 32.2 Å². The van der Waals surface area contributed by atoms with Crippen molar-refractivity contribution in [2.24, 2.45) is 0 Å². The molecule has 0 saturated carbocycles. The number of piperazine rings is 1. The minimum Gasteiger partial charge on any atom is -0.384 e. The van der Waals surface area contributed by atoms with Gasteiger partial charge in [-0.05, 0) is 46.3 Å². The SMILES string of the molecule is C[C@@H](O)C(=O)N1CCN(CC[C@@H]2CCCCN2C)CC1. The number of aliphatic hydroxyl groups excluding tert-OH is 1. The van der Waals surface area contributed by atoms with Crippen LogP contribution < -0.4 is 0 Å². The number of piperidine rings is 1. The zero-order chi connectivity index (χ0) is 14.5. The van der Waals surface area contributed by atoms with Crippen LogP contribution in [0.3, 0.4) is 0 Å². The van der Waals surface area contributed by atoms with Crippen LogP contribution in [0.2, 0.25) is 0 Å². The lowest BCUT2D eigenvalue weighted by molar-refractivity contribution is -0.141. The fourth-order valence-electron chi connectivity index (χ4n) is 3.30. The second kappa shape index (κ2) is 7.38. The zero-order valence-corrected chi connectivity index (χ0v) is 12.9. The highest BCUT2D eigenvalue weighted by atomic mass is 16.3. The maximum absolute atomic E-state index is 11.7. The number of rotatable bonds is 4. The first kappa shape index (κ1) is 15.7. The molecular weight excluding hydrogens is 254 g/mol. The van der Waals surface area contributed by atoms with Gasteiger partial charge in [0.25, 0.3) is 5.91 Å². The number of hydrogen-bond donors (Lipinski definition) is 1. The van der Waals surface area contributed by atoms with Gasteiger partial charge in [-0.15, -0.1) is 0 Å². The molecule has 2 aliphatic rings. The Morgan fingerprint density at radius 1 is 1.20 bits per heavy atom. The Morgan fingerprint density at radius 3 is 2.50 bits per heavy atom. The molecule has 1 amide bonds. The van der Waals surface area contributed by atoms with E-state index in [2.05, 4.69) is 16.8 Å². The fraction of sp³-hybridized carbons (Fsp3) is 0.933. The predicted octanol–water partition coefficient (Wildman–Crippen LogP) is 0.386. The van der Waals surface area contributed by atoms with Gasteiger partial charge in [-0.3, -0.25) is 9.69 Å². The molecule has 0 bridgehead atoms. The average molecular weight is 283 g/mol. The molecule has 0 spiro atoms. The van der Waals surface area contributed by atoms with Crippen LogP contribution in [-0.2, 0) is 4.79 Å². The zero-order valence-electron chi connectivity index (χ0n) is 12.9. The molecule has 20 heavy (non-hydrogen) atoms. The van der Waals surface area contributed by atoms with Crippen LogP contribution in [0.15, 0.2) is 0 Å². The molecule has 2 fully saturated rings. The van der Waals surface area contributed by atoms with Crippen LogP contribution in [0.1, 0.15) is 32.6 Å². The molecule has 116 valence electrons. The van der Waals surface area contributed by atoms with Crippen molar-refractivity contribution in [1.82, 2.24) is 14.7 Å². The quantitative estimate of drug-likeness (QED) is 0.810. The second-order valence-corrected chi connectivity index (χ2v) is 6.26. The number of amides is 1. The van der Waals surface area contributed by atoms with Gasteiger partial charge in [-0.25, -0.2) is 0 Å². The Kier molecular flexibility index (Phi) is 5.81. The van der Waals surface area contributed by atoms with Gasteiger partial charge >= 0.3 is 0 Å².